The van der Waals surface area contributed by atoms with E-state index in [-0.39, 0.29) is 4.90 Å². The molecule has 1 rings (SSSR count). The summed E-state index contributed by atoms with van der Waals surface area (Å²) < 4.78 is 36.6. The zero-order valence-electron chi connectivity index (χ0n) is 7.69. The highest BCUT2D eigenvalue weighted by Gasteiger charge is 2.27. The predicted octanol–water partition coefficient (Wildman–Crippen LogP) is 0.793. The van der Waals surface area contributed by atoms with Gasteiger partial charge in [-0.05, 0) is 19.1 Å². The largest absolute Gasteiger partial charge is 0.484 e. The van der Waals surface area contributed by atoms with E-state index in [9.17, 15) is 13.0 Å². The van der Waals surface area contributed by atoms with Crippen molar-refractivity contribution in [3.63, 3.8) is 0 Å². The van der Waals surface area contributed by atoms with Crippen molar-refractivity contribution in [2.24, 2.45) is 0 Å². The van der Waals surface area contributed by atoms with Crippen LogP contribution in [0.3, 0.4) is 0 Å². The molecule has 1 aromatic rings. The van der Waals surface area contributed by atoms with Gasteiger partial charge in [0.05, 0.1) is 4.90 Å². The number of benzene rings is 1. The summed E-state index contributed by atoms with van der Waals surface area (Å²) in [4.78, 5) is 16.5. The summed E-state index contributed by atoms with van der Waals surface area (Å²) in [6.07, 6.45) is 0. The van der Waals surface area contributed by atoms with Gasteiger partial charge in [0.2, 0.25) is 0 Å². The first-order valence-electron chi connectivity index (χ1n) is 3.79. The normalized spacial score (nSPS) is 12.7. The van der Waals surface area contributed by atoms with Crippen molar-refractivity contribution in [2.45, 2.75) is 11.8 Å². The first-order valence-corrected chi connectivity index (χ1v) is 6.73. The molecule has 8 heteroatoms. The molecule has 0 atom stereocenters. The third-order valence-electron chi connectivity index (χ3n) is 1.50. The number of rotatable bonds is 3. The van der Waals surface area contributed by atoms with E-state index in [1.807, 2.05) is 0 Å². The van der Waals surface area contributed by atoms with Crippen LogP contribution in [0.15, 0.2) is 29.2 Å². The summed E-state index contributed by atoms with van der Waals surface area (Å²) in [7, 11) is -9.45. The van der Waals surface area contributed by atoms with Crippen LogP contribution in [0.5, 0.6) is 0 Å². The zero-order valence-corrected chi connectivity index (χ0v) is 9.40. The Morgan fingerprint density at radius 3 is 2.07 bits per heavy atom. The van der Waals surface area contributed by atoms with Crippen LogP contribution in [0.25, 0.3) is 0 Å². The summed E-state index contributed by atoms with van der Waals surface area (Å²) in [5.74, 6) is 0. The van der Waals surface area contributed by atoms with Gasteiger partial charge in [-0.1, -0.05) is 17.7 Å². The maximum atomic E-state index is 11.2. The van der Waals surface area contributed by atoms with E-state index in [1.165, 1.54) is 24.3 Å². The molecule has 2 N–H and O–H groups in total. The fourth-order valence-electron chi connectivity index (χ4n) is 0.876. The molecule has 0 heterocycles. The Kier molecular flexibility index (Phi) is 3.32. The highest BCUT2D eigenvalue weighted by atomic mass is 32.2. The van der Waals surface area contributed by atoms with E-state index in [1.54, 1.807) is 6.92 Å². The highest BCUT2D eigenvalue weighted by Crippen LogP contribution is 2.40. The van der Waals surface area contributed by atoms with Crippen molar-refractivity contribution < 1.29 is 26.7 Å². The predicted molar refractivity (Wildman–Crippen MR) is 51.5 cm³/mol. The maximum absolute atomic E-state index is 11.2. The molecule has 0 saturated carbocycles. The Labute approximate surface area is 86.9 Å². The molecule has 15 heavy (non-hydrogen) atoms. The van der Waals surface area contributed by atoms with Crippen LogP contribution in [0, 0.1) is 6.92 Å². The number of aryl methyl sites for hydroxylation is 1. The summed E-state index contributed by atoms with van der Waals surface area (Å²) in [5.41, 5.74) is 0.824. The molecule has 0 unspecified atom stereocenters. The van der Waals surface area contributed by atoms with Crippen LogP contribution >= 0.6 is 7.82 Å². The van der Waals surface area contributed by atoms with E-state index < -0.39 is 17.9 Å². The van der Waals surface area contributed by atoms with Crippen LogP contribution in [-0.2, 0) is 18.7 Å². The van der Waals surface area contributed by atoms with Gasteiger partial charge in [-0.3, -0.25) is 0 Å². The third-order valence-corrected chi connectivity index (χ3v) is 3.92. The Hall–Kier alpha value is -0.720. The minimum Gasteiger partial charge on any atom is -0.302 e. The molecule has 0 spiro atoms. The summed E-state index contributed by atoms with van der Waals surface area (Å²) in [6, 6.07) is 5.41. The lowest BCUT2D eigenvalue weighted by Crippen LogP contribution is -2.04. The standard InChI is InChI=1S/C7H9O6PS/c1-6-2-4-7(5-3-6)15(11,12)13-14(8,9)10/h2-5H,1H3,(H2,8,9,10). The second-order valence-electron chi connectivity index (χ2n) is 2.83. The number of hydrogen-bond acceptors (Lipinski definition) is 4. The molecule has 84 valence electrons. The Bertz CT molecular complexity index is 485. The molecule has 0 bridgehead atoms. The lowest BCUT2D eigenvalue weighted by molar-refractivity contribution is 0.285. The monoisotopic (exact) mass is 252 g/mol. The van der Waals surface area contributed by atoms with Crippen LogP contribution in [0.2, 0.25) is 0 Å². The SMILES string of the molecule is Cc1ccc(S(=O)(=O)OP(=O)(O)O)cc1. The molecule has 0 radical (unpaired) electrons. The number of hydrogen-bond donors (Lipinski definition) is 2. The van der Waals surface area contributed by atoms with Crippen LogP contribution < -0.4 is 0 Å². The van der Waals surface area contributed by atoms with Gasteiger partial charge in [-0.2, -0.15) is 12.4 Å². The second-order valence-corrected chi connectivity index (χ2v) is 5.79. The van der Waals surface area contributed by atoms with Crippen molar-refractivity contribution in [3.05, 3.63) is 29.8 Å². The lowest BCUT2D eigenvalue weighted by Gasteiger charge is -2.05. The van der Waals surface area contributed by atoms with Gasteiger partial charge < -0.3 is 9.79 Å². The molecule has 0 aliphatic carbocycles. The second kappa shape index (κ2) is 4.03. The van der Waals surface area contributed by atoms with Crippen LogP contribution in [0.4, 0.5) is 0 Å². The van der Waals surface area contributed by atoms with E-state index in [2.05, 4.69) is 3.97 Å². The Morgan fingerprint density at radius 2 is 1.67 bits per heavy atom. The fraction of sp³-hybridized carbons (Fsp3) is 0.143. The molecule has 0 saturated heterocycles. The molecular formula is C7H9O6PS. The Morgan fingerprint density at radius 1 is 1.20 bits per heavy atom. The van der Waals surface area contributed by atoms with E-state index in [0.717, 1.165) is 5.56 Å². The third kappa shape index (κ3) is 3.73. The minimum absolute atomic E-state index is 0.295. The van der Waals surface area contributed by atoms with Gasteiger partial charge in [0.25, 0.3) is 0 Å². The van der Waals surface area contributed by atoms with Gasteiger partial charge in [-0.15, -0.1) is 0 Å². The molecule has 6 nitrogen and oxygen atoms in total. The van der Waals surface area contributed by atoms with Gasteiger partial charge in [-0.25, -0.2) is 4.57 Å². The van der Waals surface area contributed by atoms with Crippen molar-refractivity contribution in [1.29, 1.82) is 0 Å². The molecule has 0 aliphatic heterocycles. The van der Waals surface area contributed by atoms with Crippen molar-refractivity contribution in [2.75, 3.05) is 0 Å². The molecule has 0 fully saturated rings. The fourth-order valence-corrected chi connectivity index (χ4v) is 2.71. The first-order chi connectivity index (χ1) is 6.71. The van der Waals surface area contributed by atoms with Gasteiger partial charge >= 0.3 is 17.9 Å². The molecule has 0 amide bonds. The Balaban J connectivity index is 3.07. The maximum Gasteiger partial charge on any atom is 0.484 e. The summed E-state index contributed by atoms with van der Waals surface area (Å²) in [5, 5.41) is 0. The van der Waals surface area contributed by atoms with Crippen LogP contribution in [-0.4, -0.2) is 18.2 Å². The molecule has 0 aliphatic rings. The quantitative estimate of drug-likeness (QED) is 0.771. The molecule has 0 aromatic heterocycles. The van der Waals surface area contributed by atoms with E-state index >= 15 is 0 Å². The van der Waals surface area contributed by atoms with Gasteiger partial charge in [0, 0.05) is 0 Å². The van der Waals surface area contributed by atoms with Gasteiger partial charge in [0.15, 0.2) is 0 Å². The number of phosphoric acid groups is 1. The molecular weight excluding hydrogens is 243 g/mol. The van der Waals surface area contributed by atoms with Crippen molar-refractivity contribution >= 4 is 17.9 Å². The highest BCUT2D eigenvalue weighted by molar-refractivity contribution is 7.90. The molecule has 1 aromatic carbocycles. The smallest absolute Gasteiger partial charge is 0.302 e. The zero-order chi connectivity index (χ0) is 11.7. The first kappa shape index (κ1) is 12.4. The van der Waals surface area contributed by atoms with Crippen LogP contribution in [0.1, 0.15) is 5.56 Å². The summed E-state index contributed by atoms with van der Waals surface area (Å²) in [6.45, 7) is 1.75. The average molecular weight is 252 g/mol. The topological polar surface area (TPSA) is 101 Å². The minimum atomic E-state index is -5.05. The van der Waals surface area contributed by atoms with E-state index in [4.69, 9.17) is 9.79 Å². The van der Waals surface area contributed by atoms with Gasteiger partial charge in [0.1, 0.15) is 0 Å². The summed E-state index contributed by atoms with van der Waals surface area (Å²) >= 11 is 0. The van der Waals surface area contributed by atoms with Crippen molar-refractivity contribution in [3.8, 4) is 0 Å². The van der Waals surface area contributed by atoms with E-state index in [0.29, 0.717) is 0 Å². The van der Waals surface area contributed by atoms with Crippen molar-refractivity contribution in [1.82, 2.24) is 0 Å². The lowest BCUT2D eigenvalue weighted by atomic mass is 10.2. The average Bonchev–Trinajstić information content (AvgIpc) is 2.00.